The van der Waals surface area contributed by atoms with Gasteiger partial charge in [0.15, 0.2) is 0 Å². The highest BCUT2D eigenvalue weighted by Crippen LogP contribution is 2.37. The van der Waals surface area contributed by atoms with Crippen molar-refractivity contribution >= 4 is 32.9 Å². The van der Waals surface area contributed by atoms with Gasteiger partial charge in [-0.05, 0) is 24.6 Å². The summed E-state index contributed by atoms with van der Waals surface area (Å²) in [5, 5.41) is 7.82. The van der Waals surface area contributed by atoms with Gasteiger partial charge in [-0.1, -0.05) is 19.1 Å². The summed E-state index contributed by atoms with van der Waals surface area (Å²) in [6.45, 7) is 4.32. The van der Waals surface area contributed by atoms with Crippen molar-refractivity contribution in [1.82, 2.24) is 19.4 Å². The van der Waals surface area contributed by atoms with E-state index in [1.807, 2.05) is 13.2 Å². The number of morpholine rings is 1. The van der Waals surface area contributed by atoms with Crippen LogP contribution >= 0.6 is 12.2 Å². The number of aromatic nitrogens is 2. The fourth-order valence-electron chi connectivity index (χ4n) is 4.02. The van der Waals surface area contributed by atoms with Gasteiger partial charge in [0, 0.05) is 38.4 Å². The number of thiocarbonyl (C=S) groups is 1. The van der Waals surface area contributed by atoms with E-state index in [0.717, 1.165) is 24.3 Å². The summed E-state index contributed by atoms with van der Waals surface area (Å²) >= 11 is 5.58. The van der Waals surface area contributed by atoms with E-state index in [0.29, 0.717) is 42.6 Å². The molecule has 3 heterocycles. The quantitative estimate of drug-likeness (QED) is 0.645. The summed E-state index contributed by atoms with van der Waals surface area (Å²) in [6.07, 6.45) is 2.46. The second-order valence-electron chi connectivity index (χ2n) is 7.53. The SMILES string of the molecule is CCCN1c2cn(C)nc2C(=S)NC1c1cc(S(=O)(=O)N2CCOCC2)ccc1OC. The average Bonchev–Trinajstić information content (AvgIpc) is 3.18. The van der Waals surface area contributed by atoms with Gasteiger partial charge in [0.2, 0.25) is 10.0 Å². The molecule has 2 aromatic rings. The predicted molar refractivity (Wildman–Crippen MR) is 121 cm³/mol. The topological polar surface area (TPSA) is 88.9 Å². The molecule has 4 rings (SSSR count). The molecule has 11 heteroatoms. The highest BCUT2D eigenvalue weighted by molar-refractivity contribution is 7.89. The van der Waals surface area contributed by atoms with E-state index in [1.54, 1.807) is 30.0 Å². The summed E-state index contributed by atoms with van der Waals surface area (Å²) < 4.78 is 40.6. The van der Waals surface area contributed by atoms with Crippen LogP contribution in [0.25, 0.3) is 0 Å². The summed E-state index contributed by atoms with van der Waals surface area (Å²) in [5.74, 6) is 0.592. The second-order valence-corrected chi connectivity index (χ2v) is 9.87. The zero-order valence-electron chi connectivity index (χ0n) is 17.9. The second kappa shape index (κ2) is 8.73. The first-order chi connectivity index (χ1) is 14.9. The molecule has 1 saturated heterocycles. The molecule has 1 atom stereocenters. The Morgan fingerprint density at radius 1 is 1.32 bits per heavy atom. The van der Waals surface area contributed by atoms with Crippen LogP contribution in [0, 0.1) is 0 Å². The minimum Gasteiger partial charge on any atom is -0.496 e. The number of ether oxygens (including phenoxy) is 2. The van der Waals surface area contributed by atoms with Gasteiger partial charge in [-0.3, -0.25) is 4.68 Å². The zero-order chi connectivity index (χ0) is 22.2. The fourth-order valence-corrected chi connectivity index (χ4v) is 5.72. The van der Waals surface area contributed by atoms with E-state index < -0.39 is 10.0 Å². The van der Waals surface area contributed by atoms with Crippen LogP contribution < -0.4 is 15.0 Å². The van der Waals surface area contributed by atoms with Gasteiger partial charge in [-0.25, -0.2) is 8.42 Å². The number of hydrogen-bond acceptors (Lipinski definition) is 7. The van der Waals surface area contributed by atoms with E-state index >= 15 is 0 Å². The van der Waals surface area contributed by atoms with Crippen molar-refractivity contribution in [2.75, 3.05) is 44.9 Å². The van der Waals surface area contributed by atoms with Crippen LogP contribution in [-0.4, -0.2) is 67.4 Å². The van der Waals surface area contributed by atoms with Crippen molar-refractivity contribution in [3.63, 3.8) is 0 Å². The molecule has 1 aromatic carbocycles. The van der Waals surface area contributed by atoms with E-state index in [9.17, 15) is 8.42 Å². The molecule has 0 saturated carbocycles. The van der Waals surface area contributed by atoms with E-state index in [1.165, 1.54) is 4.31 Å². The molecule has 0 radical (unpaired) electrons. The molecule has 0 amide bonds. The Kier molecular flexibility index (Phi) is 6.20. The maximum Gasteiger partial charge on any atom is 0.243 e. The molecule has 1 unspecified atom stereocenters. The molecule has 9 nitrogen and oxygen atoms in total. The van der Waals surface area contributed by atoms with Gasteiger partial charge < -0.3 is 19.7 Å². The van der Waals surface area contributed by atoms with E-state index in [-0.39, 0.29) is 11.1 Å². The van der Waals surface area contributed by atoms with Gasteiger partial charge in [-0.15, -0.1) is 0 Å². The number of nitrogens with zero attached hydrogens (tertiary/aromatic N) is 4. The normalized spacial score (nSPS) is 19.8. The largest absolute Gasteiger partial charge is 0.496 e. The first kappa shape index (κ1) is 22.0. The van der Waals surface area contributed by atoms with Crippen LogP contribution in [0.4, 0.5) is 5.69 Å². The minimum absolute atomic E-state index is 0.228. The number of sulfonamides is 1. The van der Waals surface area contributed by atoms with Crippen molar-refractivity contribution in [2.24, 2.45) is 7.05 Å². The van der Waals surface area contributed by atoms with Crippen LogP contribution in [0.2, 0.25) is 0 Å². The Hall–Kier alpha value is -2.21. The zero-order valence-corrected chi connectivity index (χ0v) is 19.5. The number of aryl methyl sites for hydroxylation is 1. The number of benzene rings is 1. The Balaban J connectivity index is 1.79. The van der Waals surface area contributed by atoms with Crippen LogP contribution in [0.15, 0.2) is 29.3 Å². The van der Waals surface area contributed by atoms with Crippen LogP contribution in [-0.2, 0) is 21.8 Å². The van der Waals surface area contributed by atoms with Gasteiger partial charge in [0.1, 0.15) is 22.6 Å². The van der Waals surface area contributed by atoms with Crippen molar-refractivity contribution < 1.29 is 17.9 Å². The number of fused-ring (bicyclic) bond motifs is 1. The lowest BCUT2D eigenvalue weighted by atomic mass is 10.1. The van der Waals surface area contributed by atoms with Crippen molar-refractivity contribution in [1.29, 1.82) is 0 Å². The molecule has 1 aromatic heterocycles. The van der Waals surface area contributed by atoms with Gasteiger partial charge in [0.25, 0.3) is 0 Å². The van der Waals surface area contributed by atoms with Gasteiger partial charge in [-0.2, -0.15) is 9.40 Å². The molecule has 0 bridgehead atoms. The summed E-state index contributed by atoms with van der Waals surface area (Å²) in [4.78, 5) is 2.91. The lowest BCUT2D eigenvalue weighted by molar-refractivity contribution is 0.0730. The van der Waals surface area contributed by atoms with E-state index in [2.05, 4.69) is 22.2 Å². The Labute approximate surface area is 188 Å². The lowest BCUT2D eigenvalue weighted by Gasteiger charge is -2.38. The Bertz CT molecular complexity index is 1080. The summed E-state index contributed by atoms with van der Waals surface area (Å²) in [7, 11) is -0.209. The third kappa shape index (κ3) is 4.02. The highest BCUT2D eigenvalue weighted by Gasteiger charge is 2.35. The fraction of sp³-hybridized carbons (Fsp3) is 0.500. The Morgan fingerprint density at radius 3 is 2.74 bits per heavy atom. The van der Waals surface area contributed by atoms with E-state index in [4.69, 9.17) is 21.7 Å². The lowest BCUT2D eigenvalue weighted by Crippen LogP contribution is -2.46. The Morgan fingerprint density at radius 2 is 2.06 bits per heavy atom. The monoisotopic (exact) mass is 465 g/mol. The summed E-state index contributed by atoms with van der Waals surface area (Å²) in [5.41, 5.74) is 2.35. The van der Waals surface area contributed by atoms with Crippen molar-refractivity contribution in [3.05, 3.63) is 35.7 Å². The maximum absolute atomic E-state index is 13.3. The maximum atomic E-state index is 13.3. The van der Waals surface area contributed by atoms with Crippen molar-refractivity contribution in [3.8, 4) is 5.75 Å². The smallest absolute Gasteiger partial charge is 0.243 e. The molecule has 31 heavy (non-hydrogen) atoms. The summed E-state index contributed by atoms with van der Waals surface area (Å²) in [6, 6.07) is 4.98. The molecule has 1 fully saturated rings. The molecule has 1 N–H and O–H groups in total. The van der Waals surface area contributed by atoms with Crippen LogP contribution in [0.1, 0.15) is 30.8 Å². The first-order valence-electron chi connectivity index (χ1n) is 10.2. The number of hydrogen-bond donors (Lipinski definition) is 1. The number of nitrogens with one attached hydrogen (secondary N) is 1. The molecule has 2 aliphatic rings. The molecular formula is C20H27N5O4S2. The minimum atomic E-state index is -3.65. The molecule has 0 spiro atoms. The number of anilines is 1. The predicted octanol–water partition coefficient (Wildman–Crippen LogP) is 1.64. The molecule has 168 valence electrons. The standard InChI is InChI=1S/C20H27N5O4S2/c1-4-7-25-16-13-23(2)22-18(16)20(30)21-19(25)15-12-14(5-6-17(15)28-3)31(26,27)24-8-10-29-11-9-24/h5-6,12-13,19H,4,7-11H2,1-3H3,(H,21,30). The molecule has 0 aliphatic carbocycles. The molecular weight excluding hydrogens is 438 g/mol. The average molecular weight is 466 g/mol. The number of rotatable bonds is 6. The third-order valence-corrected chi connectivity index (χ3v) is 7.69. The van der Waals surface area contributed by atoms with Gasteiger partial charge in [0.05, 0.1) is 30.9 Å². The number of methoxy groups -OCH3 is 1. The van der Waals surface area contributed by atoms with Crippen molar-refractivity contribution in [2.45, 2.75) is 24.4 Å². The van der Waals surface area contributed by atoms with Gasteiger partial charge >= 0.3 is 0 Å². The third-order valence-electron chi connectivity index (χ3n) is 5.48. The molecule has 2 aliphatic heterocycles. The first-order valence-corrected chi connectivity index (χ1v) is 12.1. The van der Waals surface area contributed by atoms with Crippen LogP contribution in [0.5, 0.6) is 5.75 Å². The highest BCUT2D eigenvalue weighted by atomic mass is 32.2. The van der Waals surface area contributed by atoms with Crippen LogP contribution in [0.3, 0.4) is 0 Å².